The number of halogens is 1. The number of rotatable bonds is 5. The number of aromatic nitrogens is 3. The Balaban J connectivity index is 2.40. The fourth-order valence-electron chi connectivity index (χ4n) is 2.20. The van der Waals surface area contributed by atoms with Crippen LogP contribution in [0.25, 0.3) is 0 Å². The van der Waals surface area contributed by atoms with Gasteiger partial charge in [0, 0.05) is 19.7 Å². The van der Waals surface area contributed by atoms with E-state index in [-0.39, 0.29) is 5.78 Å². The van der Waals surface area contributed by atoms with Crippen LogP contribution in [-0.4, -0.2) is 20.1 Å². The van der Waals surface area contributed by atoms with E-state index in [9.17, 15) is 4.79 Å². The van der Waals surface area contributed by atoms with Gasteiger partial charge in [0.25, 0.3) is 0 Å². The first-order valence-electron chi connectivity index (χ1n) is 6.48. The van der Waals surface area contributed by atoms with E-state index < -0.39 is 0 Å². The molecule has 0 fully saturated rings. The van der Waals surface area contributed by atoms with Gasteiger partial charge in [-0.25, -0.2) is 0 Å². The van der Waals surface area contributed by atoms with Crippen LogP contribution in [0.5, 0.6) is 0 Å². The molecular formula is C14H18BrN3O. The van der Waals surface area contributed by atoms with Crippen LogP contribution in [0, 0.1) is 0 Å². The number of hydrogen-bond donors (Lipinski definition) is 0. The molecule has 19 heavy (non-hydrogen) atoms. The van der Waals surface area contributed by atoms with Crippen molar-refractivity contribution in [1.82, 2.24) is 14.3 Å². The van der Waals surface area contributed by atoms with E-state index in [0.29, 0.717) is 6.54 Å². The van der Waals surface area contributed by atoms with Crippen LogP contribution in [0.4, 0.5) is 0 Å². The van der Waals surface area contributed by atoms with Gasteiger partial charge in [-0.3, -0.25) is 9.48 Å². The topological polar surface area (TPSA) is 39.8 Å². The highest BCUT2D eigenvalue weighted by Gasteiger charge is 2.15. The molecule has 0 radical (unpaired) electrons. The number of aryl methyl sites for hydroxylation is 2. The average molecular weight is 324 g/mol. The minimum Gasteiger partial charge on any atom is -0.339 e. The van der Waals surface area contributed by atoms with Crippen molar-refractivity contribution < 1.29 is 4.79 Å². The van der Waals surface area contributed by atoms with E-state index in [1.54, 1.807) is 6.92 Å². The fraction of sp³-hybridized carbons (Fsp3) is 0.429. The lowest BCUT2D eigenvalue weighted by atomic mass is 10.3. The number of nitrogens with zero attached hydrogens (tertiary/aromatic N) is 3. The second-order valence-corrected chi connectivity index (χ2v) is 5.25. The molecule has 0 aliphatic rings. The number of carbonyl (C=O) groups is 1. The minimum absolute atomic E-state index is 0.0828. The van der Waals surface area contributed by atoms with Gasteiger partial charge in [0.1, 0.15) is 0 Å². The Labute approximate surface area is 121 Å². The third kappa shape index (κ3) is 2.66. The molecule has 0 N–H and O–H groups in total. The summed E-state index contributed by atoms with van der Waals surface area (Å²) in [6.07, 6.45) is 2.83. The van der Waals surface area contributed by atoms with E-state index in [1.807, 2.05) is 27.6 Å². The molecule has 0 bridgehead atoms. The van der Waals surface area contributed by atoms with Crippen LogP contribution in [0.3, 0.4) is 0 Å². The van der Waals surface area contributed by atoms with Crippen LogP contribution < -0.4 is 0 Å². The Morgan fingerprint density at radius 2 is 2.16 bits per heavy atom. The van der Waals surface area contributed by atoms with Crippen LogP contribution in [-0.2, 0) is 19.5 Å². The molecule has 0 aliphatic heterocycles. The highest BCUT2D eigenvalue weighted by atomic mass is 79.9. The summed E-state index contributed by atoms with van der Waals surface area (Å²) < 4.78 is 5.02. The molecule has 2 heterocycles. The first-order valence-corrected chi connectivity index (χ1v) is 7.27. The van der Waals surface area contributed by atoms with Gasteiger partial charge in [-0.2, -0.15) is 5.10 Å². The van der Waals surface area contributed by atoms with E-state index in [1.165, 1.54) is 0 Å². The zero-order valence-electron chi connectivity index (χ0n) is 11.5. The molecule has 2 aromatic heterocycles. The molecule has 2 rings (SSSR count). The van der Waals surface area contributed by atoms with E-state index in [0.717, 1.165) is 34.5 Å². The first-order chi connectivity index (χ1) is 9.08. The maximum Gasteiger partial charge on any atom is 0.176 e. The lowest BCUT2D eigenvalue weighted by Crippen LogP contribution is -2.11. The zero-order valence-corrected chi connectivity index (χ0v) is 13.1. The van der Waals surface area contributed by atoms with Gasteiger partial charge in [-0.15, -0.1) is 0 Å². The predicted molar refractivity (Wildman–Crippen MR) is 78.5 cm³/mol. The Bertz CT molecular complexity index is 598. The van der Waals surface area contributed by atoms with Gasteiger partial charge in [-0.05, 0) is 41.4 Å². The molecule has 0 aromatic carbocycles. The van der Waals surface area contributed by atoms with Crippen molar-refractivity contribution in [2.75, 3.05) is 0 Å². The Morgan fingerprint density at radius 1 is 1.42 bits per heavy atom. The van der Waals surface area contributed by atoms with Gasteiger partial charge in [0.05, 0.1) is 28.1 Å². The fourth-order valence-corrected chi connectivity index (χ4v) is 2.89. The van der Waals surface area contributed by atoms with Crippen molar-refractivity contribution in [3.8, 4) is 0 Å². The predicted octanol–water partition coefficient (Wildman–Crippen LogP) is 3.28. The van der Waals surface area contributed by atoms with Crippen LogP contribution >= 0.6 is 15.9 Å². The van der Waals surface area contributed by atoms with Gasteiger partial charge in [0.2, 0.25) is 0 Å². The normalized spacial score (nSPS) is 10.9. The molecule has 2 aromatic rings. The first kappa shape index (κ1) is 14.1. The largest absolute Gasteiger partial charge is 0.339 e. The van der Waals surface area contributed by atoms with E-state index in [4.69, 9.17) is 0 Å². The smallest absolute Gasteiger partial charge is 0.176 e. The molecule has 102 valence electrons. The maximum atomic E-state index is 11.6. The summed E-state index contributed by atoms with van der Waals surface area (Å²) >= 11 is 3.63. The SMILES string of the molecule is CCc1nn(CC)c(Cn2cccc2C(C)=O)c1Br. The highest BCUT2D eigenvalue weighted by molar-refractivity contribution is 9.10. The molecule has 0 spiro atoms. The Morgan fingerprint density at radius 3 is 2.74 bits per heavy atom. The third-order valence-electron chi connectivity index (χ3n) is 3.20. The molecule has 0 aliphatic carbocycles. The third-order valence-corrected chi connectivity index (χ3v) is 4.12. The number of Topliss-reactive ketones (excluding diaryl/α,β-unsaturated/α-hetero) is 1. The van der Waals surface area contributed by atoms with Gasteiger partial charge in [-0.1, -0.05) is 6.92 Å². The quantitative estimate of drug-likeness (QED) is 0.792. The standard InChI is InChI=1S/C14H18BrN3O/c1-4-11-14(15)13(18(5-2)16-11)9-17-8-6-7-12(17)10(3)19/h6-8H,4-5,9H2,1-3H3. The molecule has 0 unspecified atom stereocenters. The van der Waals surface area contributed by atoms with Crippen molar-refractivity contribution in [2.45, 2.75) is 40.3 Å². The molecule has 5 heteroatoms. The zero-order chi connectivity index (χ0) is 14.0. The van der Waals surface area contributed by atoms with E-state index >= 15 is 0 Å². The molecule has 0 atom stereocenters. The lowest BCUT2D eigenvalue weighted by Gasteiger charge is -2.09. The van der Waals surface area contributed by atoms with Crippen molar-refractivity contribution in [3.05, 3.63) is 39.9 Å². The van der Waals surface area contributed by atoms with Gasteiger partial charge in [0.15, 0.2) is 5.78 Å². The van der Waals surface area contributed by atoms with Crippen LogP contribution in [0.2, 0.25) is 0 Å². The van der Waals surface area contributed by atoms with Gasteiger partial charge < -0.3 is 4.57 Å². The second-order valence-electron chi connectivity index (χ2n) is 4.45. The summed E-state index contributed by atoms with van der Waals surface area (Å²) in [5, 5.41) is 4.57. The summed E-state index contributed by atoms with van der Waals surface area (Å²) in [6.45, 7) is 7.24. The monoisotopic (exact) mass is 323 g/mol. The van der Waals surface area contributed by atoms with Crippen LogP contribution in [0.15, 0.2) is 22.8 Å². The molecule has 4 nitrogen and oxygen atoms in total. The molecule has 0 amide bonds. The molecule has 0 saturated carbocycles. The highest BCUT2D eigenvalue weighted by Crippen LogP contribution is 2.23. The lowest BCUT2D eigenvalue weighted by molar-refractivity contribution is 0.100. The molecule has 0 saturated heterocycles. The molecular weight excluding hydrogens is 306 g/mol. The van der Waals surface area contributed by atoms with Gasteiger partial charge >= 0.3 is 0 Å². The summed E-state index contributed by atoms with van der Waals surface area (Å²) in [6, 6.07) is 3.75. The number of ketones is 1. The van der Waals surface area contributed by atoms with Crippen molar-refractivity contribution in [2.24, 2.45) is 0 Å². The number of carbonyl (C=O) groups excluding carboxylic acids is 1. The van der Waals surface area contributed by atoms with Crippen LogP contribution in [0.1, 0.15) is 42.6 Å². The Hall–Kier alpha value is -1.36. The van der Waals surface area contributed by atoms with Crippen molar-refractivity contribution in [1.29, 1.82) is 0 Å². The maximum absolute atomic E-state index is 11.6. The van der Waals surface area contributed by atoms with Crippen molar-refractivity contribution >= 4 is 21.7 Å². The van der Waals surface area contributed by atoms with Crippen molar-refractivity contribution in [3.63, 3.8) is 0 Å². The second kappa shape index (κ2) is 5.74. The Kier molecular flexibility index (Phi) is 4.24. The minimum atomic E-state index is 0.0828. The summed E-state index contributed by atoms with van der Waals surface area (Å²) in [5.41, 5.74) is 2.90. The summed E-state index contributed by atoms with van der Waals surface area (Å²) in [5.74, 6) is 0.0828. The average Bonchev–Trinajstić information content (AvgIpc) is 2.96. The van der Waals surface area contributed by atoms with E-state index in [2.05, 4.69) is 34.9 Å². The summed E-state index contributed by atoms with van der Waals surface area (Å²) in [4.78, 5) is 11.6. The number of hydrogen-bond acceptors (Lipinski definition) is 2. The summed E-state index contributed by atoms with van der Waals surface area (Å²) in [7, 11) is 0.